The van der Waals surface area contributed by atoms with Gasteiger partial charge in [0.25, 0.3) is 0 Å². The number of H-pyrrole nitrogens is 2. The predicted molar refractivity (Wildman–Crippen MR) is 68.7 cm³/mol. The fourth-order valence-electron chi connectivity index (χ4n) is 2.48. The van der Waals surface area contributed by atoms with E-state index < -0.39 is 0 Å². The van der Waals surface area contributed by atoms with Gasteiger partial charge in [0.15, 0.2) is 0 Å². The fourth-order valence-corrected chi connectivity index (χ4v) is 2.48. The molecule has 2 heteroatoms. The van der Waals surface area contributed by atoms with Crippen molar-refractivity contribution in [1.29, 1.82) is 0 Å². The van der Waals surface area contributed by atoms with Crippen molar-refractivity contribution in [3.63, 3.8) is 0 Å². The fraction of sp³-hybridized carbons (Fsp3) is 0.429. The molecule has 2 heterocycles. The average molecular weight is 216 g/mol. The Bertz CT molecular complexity index is 449. The second-order valence-electron chi connectivity index (χ2n) is 4.10. The molecule has 0 atom stereocenters. The minimum absolute atomic E-state index is 1.08. The van der Waals surface area contributed by atoms with E-state index >= 15 is 0 Å². The molecule has 0 fully saturated rings. The van der Waals surface area contributed by atoms with Crippen molar-refractivity contribution in [2.75, 3.05) is 0 Å². The van der Waals surface area contributed by atoms with Gasteiger partial charge in [0.05, 0.1) is 5.69 Å². The molecule has 2 N–H and O–H groups in total. The van der Waals surface area contributed by atoms with E-state index in [1.165, 1.54) is 28.1 Å². The number of aromatic amines is 2. The summed E-state index contributed by atoms with van der Waals surface area (Å²) in [5, 5.41) is 0. The van der Waals surface area contributed by atoms with Crippen molar-refractivity contribution < 1.29 is 0 Å². The quantitative estimate of drug-likeness (QED) is 0.781. The average Bonchev–Trinajstić information content (AvgIpc) is 2.94. The van der Waals surface area contributed by atoms with E-state index in [0.717, 1.165) is 19.3 Å². The Hall–Kier alpha value is -1.44. The van der Waals surface area contributed by atoms with Crippen molar-refractivity contribution in [3.05, 3.63) is 35.3 Å². The third-order valence-electron chi connectivity index (χ3n) is 3.25. The van der Waals surface area contributed by atoms with Crippen molar-refractivity contribution in [2.45, 2.75) is 40.0 Å². The zero-order chi connectivity index (χ0) is 11.5. The molecule has 86 valence electrons. The highest BCUT2D eigenvalue weighted by atomic mass is 14.8. The molecule has 2 aromatic heterocycles. The van der Waals surface area contributed by atoms with Gasteiger partial charge in [-0.25, -0.2) is 0 Å². The molecule has 2 aromatic rings. The molecular weight excluding hydrogens is 196 g/mol. The summed E-state index contributed by atoms with van der Waals surface area (Å²) in [6.07, 6.45) is 7.34. The van der Waals surface area contributed by atoms with Crippen LogP contribution in [0.2, 0.25) is 0 Å². The lowest BCUT2D eigenvalue weighted by molar-refractivity contribution is 0.985. The highest BCUT2D eigenvalue weighted by Crippen LogP contribution is 2.29. The maximum absolute atomic E-state index is 3.58. The van der Waals surface area contributed by atoms with Crippen LogP contribution in [0, 0.1) is 0 Å². The van der Waals surface area contributed by atoms with Gasteiger partial charge >= 0.3 is 0 Å². The van der Waals surface area contributed by atoms with Gasteiger partial charge in [-0.15, -0.1) is 0 Å². The van der Waals surface area contributed by atoms with Gasteiger partial charge in [-0.05, 0) is 36.5 Å². The van der Waals surface area contributed by atoms with Crippen molar-refractivity contribution >= 4 is 0 Å². The topological polar surface area (TPSA) is 31.6 Å². The molecule has 2 rings (SSSR count). The summed E-state index contributed by atoms with van der Waals surface area (Å²) in [6, 6.07) is 2.13. The van der Waals surface area contributed by atoms with Crippen LogP contribution in [-0.2, 0) is 19.3 Å². The number of nitrogens with one attached hydrogen (secondary N) is 2. The first-order valence-electron chi connectivity index (χ1n) is 6.17. The highest BCUT2D eigenvalue weighted by molar-refractivity contribution is 5.66. The summed E-state index contributed by atoms with van der Waals surface area (Å²) >= 11 is 0. The van der Waals surface area contributed by atoms with Crippen LogP contribution >= 0.6 is 0 Å². The molecule has 0 saturated heterocycles. The van der Waals surface area contributed by atoms with E-state index in [0.29, 0.717) is 0 Å². The third-order valence-corrected chi connectivity index (χ3v) is 3.25. The van der Waals surface area contributed by atoms with E-state index in [4.69, 9.17) is 0 Å². The highest BCUT2D eigenvalue weighted by Gasteiger charge is 2.14. The normalized spacial score (nSPS) is 10.9. The maximum Gasteiger partial charge on any atom is 0.0506 e. The molecule has 0 aromatic carbocycles. The van der Waals surface area contributed by atoms with Gasteiger partial charge < -0.3 is 9.97 Å². The van der Waals surface area contributed by atoms with Crippen LogP contribution in [0.4, 0.5) is 0 Å². The van der Waals surface area contributed by atoms with Crippen molar-refractivity contribution in [3.8, 4) is 11.3 Å². The summed E-state index contributed by atoms with van der Waals surface area (Å²) in [5.74, 6) is 0. The van der Waals surface area contributed by atoms with Crippen molar-refractivity contribution in [2.24, 2.45) is 0 Å². The summed E-state index contributed by atoms with van der Waals surface area (Å²) in [4.78, 5) is 6.71. The first-order valence-corrected chi connectivity index (χ1v) is 6.17. The lowest BCUT2D eigenvalue weighted by atomic mass is 10.0. The minimum Gasteiger partial charge on any atom is -0.367 e. The Morgan fingerprint density at radius 1 is 1.00 bits per heavy atom. The first-order chi connectivity index (χ1) is 7.81. The standard InChI is InChI=1S/C14H20N2/c1-4-11-12(5-2)14(16-13(11)6-3)10-7-8-15-9-10/h7-9,15-16H,4-6H2,1-3H3. The van der Waals surface area contributed by atoms with E-state index in [1.807, 2.05) is 6.20 Å². The Morgan fingerprint density at radius 2 is 1.75 bits per heavy atom. The molecule has 0 aliphatic heterocycles. The molecule has 0 spiro atoms. The van der Waals surface area contributed by atoms with Crippen molar-refractivity contribution in [1.82, 2.24) is 9.97 Å². The molecule has 0 aliphatic rings. The zero-order valence-corrected chi connectivity index (χ0v) is 10.4. The largest absolute Gasteiger partial charge is 0.367 e. The second kappa shape index (κ2) is 4.60. The Kier molecular flexibility index (Phi) is 3.18. The van der Waals surface area contributed by atoms with E-state index in [2.05, 4.69) is 43.0 Å². The molecule has 0 aliphatic carbocycles. The molecule has 0 saturated carbocycles. The lowest BCUT2D eigenvalue weighted by Gasteiger charge is -2.02. The predicted octanol–water partition coefficient (Wildman–Crippen LogP) is 3.70. The Labute approximate surface area is 97.1 Å². The number of hydrogen-bond donors (Lipinski definition) is 2. The zero-order valence-electron chi connectivity index (χ0n) is 10.4. The number of hydrogen-bond acceptors (Lipinski definition) is 0. The van der Waals surface area contributed by atoms with Gasteiger partial charge in [-0.2, -0.15) is 0 Å². The Morgan fingerprint density at radius 3 is 2.25 bits per heavy atom. The van der Waals surface area contributed by atoms with Gasteiger partial charge in [-0.1, -0.05) is 20.8 Å². The monoisotopic (exact) mass is 216 g/mol. The van der Waals surface area contributed by atoms with Gasteiger partial charge in [0.2, 0.25) is 0 Å². The molecular formula is C14H20N2. The molecule has 2 nitrogen and oxygen atoms in total. The summed E-state index contributed by atoms with van der Waals surface area (Å²) in [5.41, 5.74) is 6.97. The van der Waals surface area contributed by atoms with Crippen LogP contribution in [0.3, 0.4) is 0 Å². The summed E-state index contributed by atoms with van der Waals surface area (Å²) in [6.45, 7) is 6.69. The van der Waals surface area contributed by atoms with Crippen LogP contribution in [0.1, 0.15) is 37.6 Å². The molecule has 0 bridgehead atoms. The molecule has 16 heavy (non-hydrogen) atoms. The molecule has 0 amide bonds. The van der Waals surface area contributed by atoms with E-state index in [-0.39, 0.29) is 0 Å². The van der Waals surface area contributed by atoms with Crippen LogP contribution in [-0.4, -0.2) is 9.97 Å². The van der Waals surface area contributed by atoms with E-state index in [1.54, 1.807) is 0 Å². The van der Waals surface area contributed by atoms with Crippen LogP contribution in [0.25, 0.3) is 11.3 Å². The summed E-state index contributed by atoms with van der Waals surface area (Å²) < 4.78 is 0. The SMILES string of the molecule is CCc1[nH]c(-c2cc[nH]c2)c(CC)c1CC. The maximum atomic E-state index is 3.58. The second-order valence-corrected chi connectivity index (χ2v) is 4.10. The van der Waals surface area contributed by atoms with Crippen LogP contribution < -0.4 is 0 Å². The van der Waals surface area contributed by atoms with E-state index in [9.17, 15) is 0 Å². The molecule has 0 unspecified atom stereocenters. The summed E-state index contributed by atoms with van der Waals surface area (Å²) in [7, 11) is 0. The van der Waals surface area contributed by atoms with Crippen LogP contribution in [0.5, 0.6) is 0 Å². The van der Waals surface area contributed by atoms with Gasteiger partial charge in [-0.3, -0.25) is 0 Å². The number of aryl methyl sites for hydroxylation is 1. The third kappa shape index (κ3) is 1.69. The van der Waals surface area contributed by atoms with Crippen LogP contribution in [0.15, 0.2) is 18.5 Å². The first kappa shape index (κ1) is 11.1. The number of rotatable bonds is 4. The van der Waals surface area contributed by atoms with Gasteiger partial charge in [0.1, 0.15) is 0 Å². The molecule has 0 radical (unpaired) electrons. The number of aromatic nitrogens is 2. The smallest absolute Gasteiger partial charge is 0.0506 e. The minimum atomic E-state index is 1.08. The Balaban J connectivity index is 2.57. The van der Waals surface area contributed by atoms with Gasteiger partial charge in [0, 0.05) is 23.7 Å². The lowest BCUT2D eigenvalue weighted by Crippen LogP contribution is -1.90.